The van der Waals surface area contributed by atoms with Gasteiger partial charge >= 0.3 is 11.7 Å². The van der Waals surface area contributed by atoms with Crippen molar-refractivity contribution in [3.63, 3.8) is 0 Å². The van der Waals surface area contributed by atoms with E-state index in [1.54, 1.807) is 6.92 Å². The van der Waals surface area contributed by atoms with Crippen molar-refractivity contribution in [2.45, 2.75) is 13.3 Å². The summed E-state index contributed by atoms with van der Waals surface area (Å²) in [4.78, 5) is 20.6. The van der Waals surface area contributed by atoms with Gasteiger partial charge in [0.2, 0.25) is 5.82 Å². The van der Waals surface area contributed by atoms with Crippen LogP contribution >= 0.6 is 0 Å². The van der Waals surface area contributed by atoms with E-state index < -0.39 is 22.4 Å². The number of nitro groups is 1. The quantitative estimate of drug-likeness (QED) is 0.447. The summed E-state index contributed by atoms with van der Waals surface area (Å²) >= 11 is 0. The zero-order valence-corrected chi connectivity index (χ0v) is 8.60. The fraction of sp³-hybridized carbons (Fsp3) is 0.300. The van der Waals surface area contributed by atoms with Gasteiger partial charge < -0.3 is 4.74 Å². The van der Waals surface area contributed by atoms with Gasteiger partial charge in [-0.2, -0.15) is 4.39 Å². The van der Waals surface area contributed by atoms with Crippen LogP contribution in [-0.2, 0) is 16.0 Å². The Hall–Kier alpha value is -1.98. The van der Waals surface area contributed by atoms with Gasteiger partial charge in [0, 0.05) is 6.07 Å². The maximum atomic E-state index is 13.1. The Balaban J connectivity index is 2.81. The summed E-state index contributed by atoms with van der Waals surface area (Å²) in [7, 11) is 0. The van der Waals surface area contributed by atoms with Gasteiger partial charge in [-0.3, -0.25) is 14.9 Å². The number of carbonyl (C=O) groups is 1. The number of hydrogen-bond donors (Lipinski definition) is 0. The first kappa shape index (κ1) is 12.1. The van der Waals surface area contributed by atoms with Crippen LogP contribution in [0.3, 0.4) is 0 Å². The Morgan fingerprint density at radius 2 is 2.25 bits per heavy atom. The number of nitrogens with zero attached hydrogens (tertiary/aromatic N) is 1. The molecule has 0 bridgehead atoms. The first-order valence-electron chi connectivity index (χ1n) is 4.63. The van der Waals surface area contributed by atoms with E-state index >= 15 is 0 Å². The van der Waals surface area contributed by atoms with E-state index in [9.17, 15) is 19.3 Å². The van der Waals surface area contributed by atoms with Crippen LogP contribution in [0.4, 0.5) is 10.1 Å². The molecule has 16 heavy (non-hydrogen) atoms. The average Bonchev–Trinajstić information content (AvgIpc) is 2.17. The normalized spacial score (nSPS) is 9.88. The van der Waals surface area contributed by atoms with Gasteiger partial charge in [-0.15, -0.1) is 0 Å². The highest BCUT2D eigenvalue weighted by Gasteiger charge is 2.15. The van der Waals surface area contributed by atoms with Crippen molar-refractivity contribution < 1.29 is 18.8 Å². The van der Waals surface area contributed by atoms with Crippen molar-refractivity contribution in [3.05, 3.63) is 39.7 Å². The predicted molar refractivity (Wildman–Crippen MR) is 53.4 cm³/mol. The number of rotatable bonds is 4. The summed E-state index contributed by atoms with van der Waals surface area (Å²) in [5.41, 5.74) is -0.255. The number of halogens is 1. The third-order valence-corrected chi connectivity index (χ3v) is 1.86. The maximum absolute atomic E-state index is 13.1. The van der Waals surface area contributed by atoms with E-state index in [-0.39, 0.29) is 13.0 Å². The molecule has 86 valence electrons. The van der Waals surface area contributed by atoms with Crippen molar-refractivity contribution >= 4 is 11.7 Å². The summed E-state index contributed by atoms with van der Waals surface area (Å²) in [6, 6.07) is 3.33. The molecule has 0 aromatic heterocycles. The van der Waals surface area contributed by atoms with Crippen molar-refractivity contribution in [2.75, 3.05) is 6.61 Å². The van der Waals surface area contributed by atoms with Gasteiger partial charge in [0.05, 0.1) is 18.0 Å². The Kier molecular flexibility index (Phi) is 3.93. The Bertz CT molecular complexity index is 419. The highest BCUT2D eigenvalue weighted by atomic mass is 19.1. The predicted octanol–water partition coefficient (Wildman–Crippen LogP) is 1.84. The van der Waals surface area contributed by atoms with Crippen molar-refractivity contribution in [3.8, 4) is 0 Å². The molecule has 6 heteroatoms. The zero-order chi connectivity index (χ0) is 12.1. The van der Waals surface area contributed by atoms with Crippen LogP contribution in [-0.4, -0.2) is 17.5 Å². The largest absolute Gasteiger partial charge is 0.466 e. The number of carbonyl (C=O) groups excluding carboxylic acids is 1. The summed E-state index contributed by atoms with van der Waals surface area (Å²) < 4.78 is 17.8. The Morgan fingerprint density at radius 3 is 2.75 bits per heavy atom. The van der Waals surface area contributed by atoms with E-state index in [4.69, 9.17) is 0 Å². The molecule has 0 radical (unpaired) electrons. The van der Waals surface area contributed by atoms with Crippen molar-refractivity contribution in [1.29, 1.82) is 0 Å². The molecule has 0 aliphatic carbocycles. The van der Waals surface area contributed by atoms with Gasteiger partial charge in [-0.25, -0.2) is 0 Å². The average molecular weight is 227 g/mol. The third kappa shape index (κ3) is 3.01. The van der Waals surface area contributed by atoms with E-state index in [1.807, 2.05) is 0 Å². The van der Waals surface area contributed by atoms with E-state index in [1.165, 1.54) is 6.07 Å². The molecule has 0 amide bonds. The molecule has 5 nitrogen and oxygen atoms in total. The summed E-state index contributed by atoms with van der Waals surface area (Å²) in [5, 5.41) is 10.3. The minimum Gasteiger partial charge on any atom is -0.466 e. The molecule has 0 spiro atoms. The minimum absolute atomic E-state index is 0.0945. The van der Waals surface area contributed by atoms with Crippen LogP contribution in [0.5, 0.6) is 0 Å². The highest BCUT2D eigenvalue weighted by Crippen LogP contribution is 2.18. The second-order valence-electron chi connectivity index (χ2n) is 3.02. The van der Waals surface area contributed by atoms with E-state index in [0.717, 1.165) is 12.1 Å². The second kappa shape index (κ2) is 5.20. The van der Waals surface area contributed by atoms with E-state index in [2.05, 4.69) is 4.74 Å². The molecule has 0 saturated heterocycles. The molecular weight excluding hydrogens is 217 g/mol. The van der Waals surface area contributed by atoms with Gasteiger partial charge in [0.25, 0.3) is 0 Å². The minimum atomic E-state index is -0.952. The van der Waals surface area contributed by atoms with Crippen LogP contribution in [0, 0.1) is 15.9 Å². The number of benzene rings is 1. The lowest BCUT2D eigenvalue weighted by Gasteiger charge is -2.02. The lowest BCUT2D eigenvalue weighted by molar-refractivity contribution is -0.387. The first-order valence-corrected chi connectivity index (χ1v) is 4.63. The monoisotopic (exact) mass is 227 g/mol. The standard InChI is InChI=1S/C10H10FNO4/c1-2-16-10(13)6-7-3-4-9(12(14)15)8(11)5-7/h3-5H,2,6H2,1H3. The SMILES string of the molecule is CCOC(=O)Cc1ccc([N+](=O)[O-])c(F)c1. The third-order valence-electron chi connectivity index (χ3n) is 1.86. The summed E-state index contributed by atoms with van der Waals surface area (Å²) in [5.74, 6) is -1.44. The molecule has 0 unspecified atom stereocenters. The van der Waals surface area contributed by atoms with Crippen LogP contribution in [0.15, 0.2) is 18.2 Å². The molecule has 0 fully saturated rings. The second-order valence-corrected chi connectivity index (χ2v) is 3.02. The summed E-state index contributed by atoms with van der Waals surface area (Å²) in [6.07, 6.45) is -0.0945. The molecule has 0 heterocycles. The summed E-state index contributed by atoms with van der Waals surface area (Å²) in [6.45, 7) is 1.91. The maximum Gasteiger partial charge on any atom is 0.310 e. The Morgan fingerprint density at radius 1 is 1.56 bits per heavy atom. The van der Waals surface area contributed by atoms with Crippen LogP contribution in [0.25, 0.3) is 0 Å². The van der Waals surface area contributed by atoms with E-state index in [0.29, 0.717) is 5.56 Å². The lowest BCUT2D eigenvalue weighted by Crippen LogP contribution is -2.07. The molecule has 0 aliphatic rings. The molecule has 0 N–H and O–H groups in total. The van der Waals surface area contributed by atoms with Gasteiger partial charge in [0.15, 0.2) is 0 Å². The molecule has 1 rings (SSSR count). The van der Waals surface area contributed by atoms with Crippen molar-refractivity contribution in [1.82, 2.24) is 0 Å². The smallest absolute Gasteiger partial charge is 0.310 e. The number of ether oxygens (including phenoxy) is 1. The lowest BCUT2D eigenvalue weighted by atomic mass is 10.1. The number of hydrogen-bond acceptors (Lipinski definition) is 4. The molecule has 1 aromatic rings. The molecule has 0 aliphatic heterocycles. The highest BCUT2D eigenvalue weighted by molar-refractivity contribution is 5.72. The van der Waals surface area contributed by atoms with Gasteiger partial charge in [0.1, 0.15) is 0 Å². The molecule has 0 saturated carbocycles. The van der Waals surface area contributed by atoms with Crippen molar-refractivity contribution in [2.24, 2.45) is 0 Å². The molecule has 1 aromatic carbocycles. The topological polar surface area (TPSA) is 69.4 Å². The fourth-order valence-corrected chi connectivity index (χ4v) is 1.19. The van der Waals surface area contributed by atoms with Gasteiger partial charge in [-0.05, 0) is 18.6 Å². The molecule has 0 atom stereocenters. The number of nitro benzene ring substituents is 1. The first-order chi connectivity index (χ1) is 7.54. The molecular formula is C10H10FNO4. The van der Waals surface area contributed by atoms with Gasteiger partial charge in [-0.1, -0.05) is 6.07 Å². The number of esters is 1. The fourth-order valence-electron chi connectivity index (χ4n) is 1.19. The van der Waals surface area contributed by atoms with Crippen LogP contribution in [0.2, 0.25) is 0 Å². The zero-order valence-electron chi connectivity index (χ0n) is 8.60. The van der Waals surface area contributed by atoms with Crippen LogP contribution < -0.4 is 0 Å². The Labute approximate surface area is 91.0 Å². The van der Waals surface area contributed by atoms with Crippen LogP contribution in [0.1, 0.15) is 12.5 Å².